The summed E-state index contributed by atoms with van der Waals surface area (Å²) >= 11 is 0. The molecule has 2 N–H and O–H groups in total. The van der Waals surface area contributed by atoms with Crippen LogP contribution < -0.4 is 5.32 Å². The molecule has 1 heterocycles. The third-order valence-electron chi connectivity index (χ3n) is 2.80. The molecule has 0 aromatic carbocycles. The van der Waals surface area contributed by atoms with Gasteiger partial charge in [0.2, 0.25) is 0 Å². The lowest BCUT2D eigenvalue weighted by Crippen LogP contribution is -2.33. The number of carbonyl (C=O) groups excluding carboxylic acids is 1. The van der Waals surface area contributed by atoms with Gasteiger partial charge >= 0.3 is 0 Å². The van der Waals surface area contributed by atoms with Gasteiger partial charge in [-0.05, 0) is 20.3 Å². The molecule has 1 unspecified atom stereocenters. The molecule has 0 saturated carbocycles. The molecule has 0 saturated heterocycles. The summed E-state index contributed by atoms with van der Waals surface area (Å²) in [6.45, 7) is 5.60. The van der Waals surface area contributed by atoms with Crippen molar-refractivity contribution in [3.8, 4) is 0 Å². The third kappa shape index (κ3) is 3.78. The van der Waals surface area contributed by atoms with E-state index in [9.17, 15) is 20.0 Å². The van der Waals surface area contributed by atoms with Gasteiger partial charge in [-0.3, -0.25) is 14.9 Å². The maximum absolute atomic E-state index is 12.0. The van der Waals surface area contributed by atoms with Crippen molar-refractivity contribution in [2.45, 2.75) is 39.3 Å². The zero-order valence-corrected chi connectivity index (χ0v) is 11.3. The highest BCUT2D eigenvalue weighted by Crippen LogP contribution is 2.20. The van der Waals surface area contributed by atoms with E-state index in [0.717, 1.165) is 0 Å². The number of rotatable bonds is 6. The Labute approximate surface area is 111 Å². The second-order valence-corrected chi connectivity index (χ2v) is 4.61. The molecular formula is C12H19N3O4. The molecule has 7 heteroatoms. The highest BCUT2D eigenvalue weighted by molar-refractivity contribution is 5.93. The van der Waals surface area contributed by atoms with Crippen LogP contribution in [0.5, 0.6) is 0 Å². The zero-order chi connectivity index (χ0) is 14.6. The first-order valence-electron chi connectivity index (χ1n) is 6.19. The number of nitrogens with one attached hydrogen (secondary N) is 1. The van der Waals surface area contributed by atoms with Crippen molar-refractivity contribution < 1.29 is 14.8 Å². The van der Waals surface area contributed by atoms with Crippen LogP contribution in [0.4, 0.5) is 5.69 Å². The van der Waals surface area contributed by atoms with Gasteiger partial charge in [0.15, 0.2) is 0 Å². The largest absolute Gasteiger partial charge is 0.391 e. The Morgan fingerprint density at radius 2 is 2.21 bits per heavy atom. The number of carbonyl (C=O) groups is 1. The summed E-state index contributed by atoms with van der Waals surface area (Å²) in [7, 11) is 0. The summed E-state index contributed by atoms with van der Waals surface area (Å²) in [5.74, 6) is -0.422. The number of amides is 1. The normalized spacial score (nSPS) is 12.5. The minimum absolute atomic E-state index is 0.0643. The quantitative estimate of drug-likeness (QED) is 0.603. The molecule has 0 aliphatic carbocycles. The number of hydrogen-bond acceptors (Lipinski definition) is 4. The number of hydrogen-bond donors (Lipinski definition) is 2. The summed E-state index contributed by atoms with van der Waals surface area (Å²) in [5.41, 5.74) is 0.111. The highest BCUT2D eigenvalue weighted by atomic mass is 16.6. The van der Waals surface area contributed by atoms with Crippen molar-refractivity contribution in [1.82, 2.24) is 9.88 Å². The molecule has 1 aromatic heterocycles. The van der Waals surface area contributed by atoms with Crippen LogP contribution >= 0.6 is 0 Å². The van der Waals surface area contributed by atoms with E-state index in [1.807, 2.05) is 13.8 Å². The first kappa shape index (κ1) is 15.2. The van der Waals surface area contributed by atoms with E-state index in [2.05, 4.69) is 5.32 Å². The standard InChI is InChI=1S/C12H19N3O4/c1-4-10(16)6-13-12(17)11-5-9(15(18)19)7-14(11)8(2)3/h5,7-8,10,16H,4,6H2,1-3H3,(H,13,17). The predicted molar refractivity (Wildman–Crippen MR) is 70.1 cm³/mol. The molecule has 0 spiro atoms. The van der Waals surface area contributed by atoms with Gasteiger partial charge in [-0.2, -0.15) is 0 Å². The van der Waals surface area contributed by atoms with Crippen LogP contribution in [0.1, 0.15) is 43.7 Å². The lowest BCUT2D eigenvalue weighted by atomic mass is 10.2. The summed E-state index contributed by atoms with van der Waals surface area (Å²) < 4.78 is 1.55. The van der Waals surface area contributed by atoms with Crippen LogP contribution in [-0.2, 0) is 0 Å². The number of nitro groups is 1. The Bertz CT molecular complexity index is 468. The van der Waals surface area contributed by atoms with Crippen LogP contribution in [0.25, 0.3) is 0 Å². The van der Waals surface area contributed by atoms with Gasteiger partial charge in [0, 0.05) is 18.7 Å². The molecule has 0 radical (unpaired) electrons. The van der Waals surface area contributed by atoms with Gasteiger partial charge in [0.25, 0.3) is 11.6 Å². The second kappa shape index (κ2) is 6.33. The Morgan fingerprint density at radius 1 is 1.58 bits per heavy atom. The maximum Gasteiger partial charge on any atom is 0.287 e. The SMILES string of the molecule is CCC(O)CNC(=O)c1cc([N+](=O)[O-])cn1C(C)C. The Hall–Kier alpha value is -1.89. The Kier molecular flexibility index (Phi) is 5.05. The molecule has 7 nitrogen and oxygen atoms in total. The van der Waals surface area contributed by atoms with Crippen molar-refractivity contribution in [3.05, 3.63) is 28.1 Å². The Balaban J connectivity index is 2.91. The number of aromatic nitrogens is 1. The lowest BCUT2D eigenvalue weighted by molar-refractivity contribution is -0.384. The number of aliphatic hydroxyl groups excluding tert-OH is 1. The van der Waals surface area contributed by atoms with Crippen LogP contribution in [0, 0.1) is 10.1 Å². The molecule has 1 aromatic rings. The van der Waals surface area contributed by atoms with E-state index in [1.54, 1.807) is 11.5 Å². The van der Waals surface area contributed by atoms with Gasteiger partial charge in [-0.25, -0.2) is 0 Å². The zero-order valence-electron chi connectivity index (χ0n) is 11.3. The number of nitrogens with zero attached hydrogens (tertiary/aromatic N) is 2. The average molecular weight is 269 g/mol. The van der Waals surface area contributed by atoms with Gasteiger partial charge in [-0.1, -0.05) is 6.92 Å². The van der Waals surface area contributed by atoms with Crippen molar-refractivity contribution in [1.29, 1.82) is 0 Å². The summed E-state index contributed by atoms with van der Waals surface area (Å²) in [6, 6.07) is 1.18. The molecule has 0 aliphatic heterocycles. The highest BCUT2D eigenvalue weighted by Gasteiger charge is 2.20. The van der Waals surface area contributed by atoms with E-state index in [1.165, 1.54) is 12.3 Å². The minimum atomic E-state index is -0.610. The molecule has 0 bridgehead atoms. The van der Waals surface area contributed by atoms with Gasteiger partial charge in [0.05, 0.1) is 17.2 Å². The van der Waals surface area contributed by atoms with Crippen molar-refractivity contribution in [2.24, 2.45) is 0 Å². The Morgan fingerprint density at radius 3 is 2.68 bits per heavy atom. The smallest absolute Gasteiger partial charge is 0.287 e. The molecular weight excluding hydrogens is 250 g/mol. The minimum Gasteiger partial charge on any atom is -0.391 e. The first-order chi connectivity index (χ1) is 8.86. The van der Waals surface area contributed by atoms with E-state index in [0.29, 0.717) is 6.42 Å². The molecule has 1 atom stereocenters. The van der Waals surface area contributed by atoms with Gasteiger partial charge < -0.3 is 15.0 Å². The monoisotopic (exact) mass is 269 g/mol. The fourth-order valence-corrected chi connectivity index (χ4v) is 1.62. The molecule has 1 amide bonds. The molecule has 0 aliphatic rings. The van der Waals surface area contributed by atoms with Crippen molar-refractivity contribution in [2.75, 3.05) is 6.54 Å². The van der Waals surface area contributed by atoms with Crippen LogP contribution in [0.2, 0.25) is 0 Å². The van der Waals surface area contributed by atoms with E-state index < -0.39 is 16.9 Å². The second-order valence-electron chi connectivity index (χ2n) is 4.61. The van der Waals surface area contributed by atoms with Crippen molar-refractivity contribution in [3.63, 3.8) is 0 Å². The summed E-state index contributed by atoms with van der Waals surface area (Å²) in [4.78, 5) is 22.2. The van der Waals surface area contributed by atoms with Gasteiger partial charge in [0.1, 0.15) is 5.69 Å². The van der Waals surface area contributed by atoms with Crippen molar-refractivity contribution >= 4 is 11.6 Å². The van der Waals surface area contributed by atoms with E-state index >= 15 is 0 Å². The van der Waals surface area contributed by atoms with Crippen LogP contribution in [0.3, 0.4) is 0 Å². The topological polar surface area (TPSA) is 97.4 Å². The third-order valence-corrected chi connectivity index (χ3v) is 2.80. The van der Waals surface area contributed by atoms with E-state index in [-0.39, 0.29) is 24.0 Å². The van der Waals surface area contributed by atoms with Crippen LogP contribution in [0.15, 0.2) is 12.3 Å². The van der Waals surface area contributed by atoms with Crippen LogP contribution in [-0.4, -0.2) is 33.2 Å². The average Bonchev–Trinajstić information content (AvgIpc) is 2.80. The fourth-order valence-electron chi connectivity index (χ4n) is 1.62. The fraction of sp³-hybridized carbons (Fsp3) is 0.583. The summed E-state index contributed by atoms with van der Waals surface area (Å²) in [5, 5.41) is 22.7. The molecule has 1 rings (SSSR count). The summed E-state index contributed by atoms with van der Waals surface area (Å²) in [6.07, 6.45) is 1.27. The number of aliphatic hydroxyl groups is 1. The molecule has 106 valence electrons. The molecule has 19 heavy (non-hydrogen) atoms. The maximum atomic E-state index is 12.0. The van der Waals surface area contributed by atoms with E-state index in [4.69, 9.17) is 0 Å². The predicted octanol–water partition coefficient (Wildman–Crippen LogP) is 1.48. The lowest BCUT2D eigenvalue weighted by Gasteiger charge is -2.13. The first-order valence-corrected chi connectivity index (χ1v) is 6.19. The van der Waals surface area contributed by atoms with Gasteiger partial charge in [-0.15, -0.1) is 0 Å². The molecule has 0 fully saturated rings.